The van der Waals surface area contributed by atoms with Crippen LogP contribution in [0.15, 0.2) is 36.0 Å². The Hall–Kier alpha value is -2.58. The van der Waals surface area contributed by atoms with Crippen molar-refractivity contribution in [3.8, 4) is 11.3 Å². The van der Waals surface area contributed by atoms with E-state index in [2.05, 4.69) is 15.0 Å². The number of H-pyrrole nitrogens is 1. The molecule has 1 aliphatic rings. The number of nitrogens with zero attached hydrogens (tertiary/aromatic N) is 3. The highest BCUT2D eigenvalue weighted by molar-refractivity contribution is 7.09. The SMILES string of the molecule is O=C(O)C1c2nc[nH]c2CCN1Cc1nc(-c2ccc(F)cc2)cs1. The molecule has 2 N–H and O–H groups in total. The largest absolute Gasteiger partial charge is 0.480 e. The van der Waals surface area contributed by atoms with Gasteiger partial charge in [0.2, 0.25) is 0 Å². The number of aromatic amines is 1. The molecule has 0 amide bonds. The van der Waals surface area contributed by atoms with Gasteiger partial charge in [-0.3, -0.25) is 9.69 Å². The van der Waals surface area contributed by atoms with Crippen molar-refractivity contribution < 1.29 is 14.3 Å². The molecule has 1 unspecified atom stereocenters. The monoisotopic (exact) mass is 358 g/mol. The number of hydrogen-bond donors (Lipinski definition) is 2. The van der Waals surface area contributed by atoms with Gasteiger partial charge in [-0.15, -0.1) is 11.3 Å². The van der Waals surface area contributed by atoms with E-state index in [1.165, 1.54) is 23.5 Å². The van der Waals surface area contributed by atoms with Crippen LogP contribution in [0.5, 0.6) is 0 Å². The van der Waals surface area contributed by atoms with E-state index in [-0.39, 0.29) is 5.82 Å². The lowest BCUT2D eigenvalue weighted by Gasteiger charge is -2.31. The normalized spacial score (nSPS) is 17.4. The number of halogens is 1. The zero-order valence-corrected chi connectivity index (χ0v) is 14.0. The second-order valence-corrected chi connectivity index (χ2v) is 6.80. The van der Waals surface area contributed by atoms with Gasteiger partial charge in [0.25, 0.3) is 0 Å². The summed E-state index contributed by atoms with van der Waals surface area (Å²) in [4.78, 5) is 25.4. The molecule has 8 heteroatoms. The lowest BCUT2D eigenvalue weighted by atomic mass is 10.0. The molecule has 3 aromatic rings. The van der Waals surface area contributed by atoms with Gasteiger partial charge in [0.15, 0.2) is 6.04 Å². The number of imidazole rings is 1. The number of rotatable bonds is 4. The smallest absolute Gasteiger partial charge is 0.327 e. The molecule has 6 nitrogen and oxygen atoms in total. The van der Waals surface area contributed by atoms with Crippen molar-refractivity contribution in [1.29, 1.82) is 0 Å². The standard InChI is InChI=1S/C17H15FN4O2S/c18-11-3-1-10(2-4-11)13-8-25-14(21-13)7-22-6-5-12-15(20-9-19-12)16(22)17(23)24/h1-4,8-9,16H,5-7H2,(H,19,20)(H,23,24). The fourth-order valence-electron chi connectivity index (χ4n) is 3.08. The van der Waals surface area contributed by atoms with E-state index >= 15 is 0 Å². The van der Waals surface area contributed by atoms with E-state index in [0.717, 1.165) is 28.4 Å². The zero-order chi connectivity index (χ0) is 17.4. The Morgan fingerprint density at radius 2 is 2.20 bits per heavy atom. The highest BCUT2D eigenvalue weighted by atomic mass is 32.1. The van der Waals surface area contributed by atoms with Crippen molar-refractivity contribution in [2.75, 3.05) is 6.54 Å². The Balaban J connectivity index is 1.56. The molecule has 0 saturated heterocycles. The van der Waals surface area contributed by atoms with E-state index in [1.807, 2.05) is 10.3 Å². The molecule has 1 aliphatic heterocycles. The number of hydrogen-bond acceptors (Lipinski definition) is 5. The maximum Gasteiger partial charge on any atom is 0.327 e. The Morgan fingerprint density at radius 3 is 2.96 bits per heavy atom. The van der Waals surface area contributed by atoms with E-state index in [1.54, 1.807) is 18.5 Å². The van der Waals surface area contributed by atoms with Crippen LogP contribution in [0.4, 0.5) is 4.39 Å². The second-order valence-electron chi connectivity index (χ2n) is 5.86. The third kappa shape index (κ3) is 3.06. The molecule has 128 valence electrons. The molecule has 0 saturated carbocycles. The summed E-state index contributed by atoms with van der Waals surface area (Å²) in [5.41, 5.74) is 3.07. The van der Waals surface area contributed by atoms with Crippen LogP contribution in [-0.2, 0) is 17.8 Å². The lowest BCUT2D eigenvalue weighted by Crippen LogP contribution is -2.39. The summed E-state index contributed by atoms with van der Waals surface area (Å²) in [6, 6.07) is 5.40. The molecule has 0 spiro atoms. The molecule has 0 aliphatic carbocycles. The first-order valence-corrected chi connectivity index (χ1v) is 8.69. The minimum Gasteiger partial charge on any atom is -0.480 e. The van der Waals surface area contributed by atoms with Gasteiger partial charge in [-0.2, -0.15) is 0 Å². The fraction of sp³-hybridized carbons (Fsp3) is 0.235. The van der Waals surface area contributed by atoms with Gasteiger partial charge < -0.3 is 10.1 Å². The Kier molecular flexibility index (Phi) is 4.06. The molecule has 3 heterocycles. The van der Waals surface area contributed by atoms with Crippen LogP contribution in [0, 0.1) is 5.82 Å². The van der Waals surface area contributed by atoms with Gasteiger partial charge in [-0.1, -0.05) is 0 Å². The molecular weight excluding hydrogens is 343 g/mol. The average molecular weight is 358 g/mol. The quantitative estimate of drug-likeness (QED) is 0.749. The van der Waals surface area contributed by atoms with Gasteiger partial charge in [-0.25, -0.2) is 14.4 Å². The summed E-state index contributed by atoms with van der Waals surface area (Å²) in [6.45, 7) is 1.06. The molecule has 0 bridgehead atoms. The van der Waals surface area contributed by atoms with Gasteiger partial charge in [-0.05, 0) is 24.3 Å². The molecule has 1 aromatic carbocycles. The number of carboxylic acids is 1. The summed E-state index contributed by atoms with van der Waals surface area (Å²) in [5, 5.41) is 12.3. The summed E-state index contributed by atoms with van der Waals surface area (Å²) >= 11 is 1.47. The Bertz CT molecular complexity index is 906. The van der Waals surface area contributed by atoms with Crippen molar-refractivity contribution in [1.82, 2.24) is 19.9 Å². The highest BCUT2D eigenvalue weighted by Crippen LogP contribution is 2.30. The topological polar surface area (TPSA) is 82.1 Å². The van der Waals surface area contributed by atoms with Crippen LogP contribution in [0.2, 0.25) is 0 Å². The molecule has 0 fully saturated rings. The highest BCUT2D eigenvalue weighted by Gasteiger charge is 2.35. The molecule has 1 atom stereocenters. The van der Waals surface area contributed by atoms with Crippen LogP contribution in [0.25, 0.3) is 11.3 Å². The number of nitrogens with one attached hydrogen (secondary N) is 1. The van der Waals surface area contributed by atoms with Gasteiger partial charge in [0, 0.05) is 29.6 Å². The number of aromatic nitrogens is 3. The van der Waals surface area contributed by atoms with E-state index in [9.17, 15) is 14.3 Å². The zero-order valence-electron chi connectivity index (χ0n) is 13.1. The molecule has 2 aromatic heterocycles. The molecule has 0 radical (unpaired) electrons. The first-order chi connectivity index (χ1) is 12.1. The minimum atomic E-state index is -0.914. The number of aliphatic carboxylic acids is 1. The third-order valence-corrected chi connectivity index (χ3v) is 5.12. The van der Waals surface area contributed by atoms with Gasteiger partial charge in [0.05, 0.1) is 24.3 Å². The van der Waals surface area contributed by atoms with Crippen molar-refractivity contribution in [3.05, 3.63) is 58.2 Å². The number of fused-ring (bicyclic) bond motifs is 1. The van der Waals surface area contributed by atoms with Crippen LogP contribution in [-0.4, -0.2) is 37.5 Å². The van der Waals surface area contributed by atoms with Crippen molar-refractivity contribution in [3.63, 3.8) is 0 Å². The Labute approximate surface area is 147 Å². The summed E-state index contributed by atoms with van der Waals surface area (Å²) in [7, 11) is 0. The average Bonchev–Trinajstić information content (AvgIpc) is 3.24. The van der Waals surface area contributed by atoms with Crippen LogP contribution < -0.4 is 0 Å². The maximum absolute atomic E-state index is 13.0. The first-order valence-electron chi connectivity index (χ1n) is 7.81. The van der Waals surface area contributed by atoms with Crippen molar-refractivity contribution in [2.24, 2.45) is 0 Å². The van der Waals surface area contributed by atoms with Gasteiger partial charge in [0.1, 0.15) is 10.8 Å². The Morgan fingerprint density at radius 1 is 1.40 bits per heavy atom. The third-order valence-electron chi connectivity index (χ3n) is 4.29. The summed E-state index contributed by atoms with van der Waals surface area (Å²) in [6.07, 6.45) is 2.27. The molecular formula is C17H15FN4O2S. The van der Waals surface area contributed by atoms with E-state index < -0.39 is 12.0 Å². The summed E-state index contributed by atoms with van der Waals surface area (Å²) in [5.74, 6) is -1.20. The van der Waals surface area contributed by atoms with Crippen LogP contribution >= 0.6 is 11.3 Å². The maximum atomic E-state index is 13.0. The number of benzene rings is 1. The summed E-state index contributed by atoms with van der Waals surface area (Å²) < 4.78 is 13.0. The van der Waals surface area contributed by atoms with E-state index in [0.29, 0.717) is 18.8 Å². The van der Waals surface area contributed by atoms with E-state index in [4.69, 9.17) is 0 Å². The lowest BCUT2D eigenvalue weighted by molar-refractivity contribution is -0.144. The number of thiazole rings is 1. The predicted molar refractivity (Wildman–Crippen MR) is 90.6 cm³/mol. The fourth-order valence-corrected chi connectivity index (χ4v) is 3.91. The van der Waals surface area contributed by atoms with Crippen molar-refractivity contribution in [2.45, 2.75) is 19.0 Å². The predicted octanol–water partition coefficient (Wildman–Crippen LogP) is 2.86. The molecule has 4 rings (SSSR count). The first kappa shape index (κ1) is 15.9. The number of carboxylic acid groups (broad SMARTS) is 1. The molecule has 25 heavy (non-hydrogen) atoms. The van der Waals surface area contributed by atoms with Crippen LogP contribution in [0.3, 0.4) is 0 Å². The number of carbonyl (C=O) groups is 1. The second kappa shape index (κ2) is 6.38. The van der Waals surface area contributed by atoms with Gasteiger partial charge >= 0.3 is 5.97 Å². The van der Waals surface area contributed by atoms with Crippen LogP contribution in [0.1, 0.15) is 22.4 Å². The van der Waals surface area contributed by atoms with Crippen molar-refractivity contribution >= 4 is 17.3 Å². The minimum absolute atomic E-state index is 0.286.